The molecular weight excluding hydrogens is 411 g/mol. The second-order valence-electron chi connectivity index (χ2n) is 7.94. The van der Waals surface area contributed by atoms with Crippen LogP contribution < -0.4 is 10.4 Å². The van der Waals surface area contributed by atoms with Crippen molar-refractivity contribution in [1.82, 2.24) is 13.9 Å². The second kappa shape index (κ2) is 8.51. The topological polar surface area (TPSA) is 44.2 Å². The van der Waals surface area contributed by atoms with Crippen LogP contribution in [0.2, 0.25) is 0 Å². The van der Waals surface area contributed by atoms with Crippen molar-refractivity contribution in [1.29, 1.82) is 0 Å². The van der Waals surface area contributed by atoms with Crippen molar-refractivity contribution in [2.24, 2.45) is 18.0 Å². The van der Waals surface area contributed by atoms with Crippen molar-refractivity contribution in [3.8, 4) is 16.9 Å². The van der Waals surface area contributed by atoms with Gasteiger partial charge in [0.1, 0.15) is 5.82 Å². The molecule has 0 amide bonds. The summed E-state index contributed by atoms with van der Waals surface area (Å²) in [5, 5.41) is 2.02. The summed E-state index contributed by atoms with van der Waals surface area (Å²) in [6.07, 6.45) is 0. The fraction of sp³-hybridized carbons (Fsp3) is 0.250. The summed E-state index contributed by atoms with van der Waals surface area (Å²) < 4.78 is 19.0. The minimum absolute atomic E-state index is 0.154. The van der Waals surface area contributed by atoms with Gasteiger partial charge in [-0.05, 0) is 54.8 Å². The molecule has 4 aromatic rings. The van der Waals surface area contributed by atoms with Gasteiger partial charge in [-0.2, -0.15) is 0 Å². The third-order valence-electron chi connectivity index (χ3n) is 5.22. The number of halogens is 1. The molecule has 2 aromatic carbocycles. The summed E-state index contributed by atoms with van der Waals surface area (Å²) in [6.45, 7) is 6.92. The van der Waals surface area contributed by atoms with Gasteiger partial charge in [-0.1, -0.05) is 32.0 Å². The van der Waals surface area contributed by atoms with E-state index < -0.39 is 0 Å². The normalized spacial score (nSPS) is 12.1. The molecule has 7 heteroatoms. The highest BCUT2D eigenvalue weighted by Crippen LogP contribution is 2.23. The maximum atomic E-state index is 13.4. The van der Waals surface area contributed by atoms with E-state index in [1.54, 1.807) is 16.8 Å². The van der Waals surface area contributed by atoms with Gasteiger partial charge in [-0.15, -0.1) is 11.3 Å². The molecule has 0 radical (unpaired) electrons. The van der Waals surface area contributed by atoms with Crippen LogP contribution in [0.4, 0.5) is 10.1 Å². The molecule has 0 atom stereocenters. The van der Waals surface area contributed by atoms with E-state index in [0.717, 1.165) is 34.0 Å². The van der Waals surface area contributed by atoms with E-state index in [4.69, 9.17) is 4.99 Å². The number of rotatable bonds is 5. The molecule has 0 saturated heterocycles. The Kier molecular flexibility index (Phi) is 5.78. The molecule has 0 fully saturated rings. The predicted octanol–water partition coefficient (Wildman–Crippen LogP) is 5.04. The zero-order valence-electron chi connectivity index (χ0n) is 18.0. The van der Waals surface area contributed by atoms with Crippen LogP contribution in [0.15, 0.2) is 69.8 Å². The van der Waals surface area contributed by atoms with Gasteiger partial charge >= 0.3 is 0 Å². The number of para-hydroxylation sites is 1. The average molecular weight is 437 g/mol. The maximum Gasteiger partial charge on any atom is 0.297 e. The van der Waals surface area contributed by atoms with Gasteiger partial charge in [-0.3, -0.25) is 9.48 Å². The summed E-state index contributed by atoms with van der Waals surface area (Å²) in [5.41, 5.74) is 3.76. The molecule has 0 saturated carbocycles. The first kappa shape index (κ1) is 21.1. The van der Waals surface area contributed by atoms with Crippen LogP contribution in [0.1, 0.15) is 19.5 Å². The Balaban J connectivity index is 1.90. The summed E-state index contributed by atoms with van der Waals surface area (Å²) >= 11 is 1.49. The Morgan fingerprint density at radius 1 is 1.06 bits per heavy atom. The first-order valence-electron chi connectivity index (χ1n) is 10.2. The van der Waals surface area contributed by atoms with Crippen molar-refractivity contribution in [2.75, 3.05) is 0 Å². The number of thiazole rings is 1. The molecule has 2 aromatic heterocycles. The molecule has 0 aliphatic carbocycles. The molecule has 0 bridgehead atoms. The smallest absolute Gasteiger partial charge is 0.297 e. The number of aromatic nitrogens is 3. The lowest BCUT2D eigenvalue weighted by atomic mass is 10.1. The molecule has 2 heterocycles. The van der Waals surface area contributed by atoms with Crippen LogP contribution >= 0.6 is 11.3 Å². The highest BCUT2D eigenvalue weighted by atomic mass is 32.1. The number of hydrogen-bond donors (Lipinski definition) is 0. The van der Waals surface area contributed by atoms with Gasteiger partial charge in [0.15, 0.2) is 10.5 Å². The van der Waals surface area contributed by atoms with Gasteiger partial charge in [0.2, 0.25) is 0 Å². The predicted molar refractivity (Wildman–Crippen MR) is 124 cm³/mol. The molecule has 0 unspecified atom stereocenters. The van der Waals surface area contributed by atoms with Crippen molar-refractivity contribution in [2.45, 2.75) is 27.3 Å². The average Bonchev–Trinajstić information content (AvgIpc) is 3.23. The number of benzene rings is 2. The third kappa shape index (κ3) is 4.05. The Morgan fingerprint density at radius 3 is 2.39 bits per heavy atom. The first-order valence-corrected chi connectivity index (χ1v) is 11.1. The number of nitrogens with zero attached hydrogens (tertiary/aromatic N) is 4. The second-order valence-corrected chi connectivity index (χ2v) is 8.77. The van der Waals surface area contributed by atoms with E-state index in [1.165, 1.54) is 23.5 Å². The van der Waals surface area contributed by atoms with E-state index >= 15 is 0 Å². The first-order chi connectivity index (χ1) is 14.9. The van der Waals surface area contributed by atoms with E-state index in [1.807, 2.05) is 54.4 Å². The molecule has 5 nitrogen and oxygen atoms in total. The van der Waals surface area contributed by atoms with E-state index in [9.17, 15) is 9.18 Å². The zero-order chi connectivity index (χ0) is 22.1. The van der Waals surface area contributed by atoms with Crippen molar-refractivity contribution >= 4 is 17.0 Å². The lowest BCUT2D eigenvalue weighted by Gasteiger charge is -2.11. The highest BCUT2D eigenvalue weighted by molar-refractivity contribution is 7.07. The summed E-state index contributed by atoms with van der Waals surface area (Å²) in [7, 11) is 1.86. The van der Waals surface area contributed by atoms with Crippen molar-refractivity contribution < 1.29 is 4.39 Å². The molecule has 0 N–H and O–H groups in total. The van der Waals surface area contributed by atoms with Crippen molar-refractivity contribution in [3.63, 3.8) is 0 Å². The van der Waals surface area contributed by atoms with Gasteiger partial charge in [0.05, 0.1) is 17.1 Å². The lowest BCUT2D eigenvalue weighted by molar-refractivity contribution is 0.518. The third-order valence-corrected chi connectivity index (χ3v) is 6.08. The minimum atomic E-state index is -0.263. The van der Waals surface area contributed by atoms with Gasteiger partial charge < -0.3 is 4.57 Å². The van der Waals surface area contributed by atoms with E-state index in [2.05, 4.69) is 18.4 Å². The molecule has 0 aliphatic rings. The maximum absolute atomic E-state index is 13.4. The van der Waals surface area contributed by atoms with Crippen LogP contribution in [0.5, 0.6) is 0 Å². The highest BCUT2D eigenvalue weighted by Gasteiger charge is 2.17. The lowest BCUT2D eigenvalue weighted by Crippen LogP contribution is -2.21. The Hall–Kier alpha value is -3.19. The minimum Gasteiger partial charge on any atom is -0.316 e. The Bertz CT molecular complexity index is 1320. The zero-order valence-corrected chi connectivity index (χ0v) is 18.9. The van der Waals surface area contributed by atoms with Gasteiger partial charge in [0.25, 0.3) is 5.56 Å². The largest absolute Gasteiger partial charge is 0.316 e. The molecule has 160 valence electrons. The fourth-order valence-corrected chi connectivity index (χ4v) is 4.51. The molecule has 0 aliphatic heterocycles. The fourth-order valence-electron chi connectivity index (χ4n) is 3.59. The van der Waals surface area contributed by atoms with E-state index in [0.29, 0.717) is 11.6 Å². The van der Waals surface area contributed by atoms with Gasteiger partial charge in [0, 0.05) is 19.0 Å². The SMILES string of the molecule is Cc1c(N=c2scc(-c3ccc(F)cc3)n2CC(C)C)c(=O)n(-c2ccccc2)n1C. The van der Waals surface area contributed by atoms with Crippen LogP contribution in [0.25, 0.3) is 16.9 Å². The Labute approximate surface area is 184 Å². The quantitative estimate of drug-likeness (QED) is 0.432. The standard InChI is InChI=1S/C24H25FN4OS/c1-16(2)14-28-21(18-10-12-19(25)13-11-18)15-31-24(28)26-22-17(3)27(4)29(23(22)30)20-8-6-5-7-9-20/h5-13,15-16H,14H2,1-4H3. The summed E-state index contributed by atoms with van der Waals surface area (Å²) in [4.78, 5) is 18.8. The molecular formula is C24H25FN4OS. The summed E-state index contributed by atoms with van der Waals surface area (Å²) in [5.74, 6) is 0.117. The number of hydrogen-bond acceptors (Lipinski definition) is 3. The Morgan fingerprint density at radius 2 is 1.74 bits per heavy atom. The van der Waals surface area contributed by atoms with Crippen LogP contribution in [-0.2, 0) is 13.6 Å². The van der Waals surface area contributed by atoms with Crippen LogP contribution in [0, 0.1) is 18.7 Å². The van der Waals surface area contributed by atoms with Crippen LogP contribution in [-0.4, -0.2) is 13.9 Å². The monoisotopic (exact) mass is 436 g/mol. The van der Waals surface area contributed by atoms with Crippen molar-refractivity contribution in [3.05, 3.63) is 86.6 Å². The van der Waals surface area contributed by atoms with Gasteiger partial charge in [-0.25, -0.2) is 14.1 Å². The molecule has 31 heavy (non-hydrogen) atoms. The summed E-state index contributed by atoms with van der Waals surface area (Å²) in [6, 6.07) is 16.0. The molecule has 4 rings (SSSR count). The molecule has 0 spiro atoms. The van der Waals surface area contributed by atoms with E-state index in [-0.39, 0.29) is 11.4 Å². The van der Waals surface area contributed by atoms with Crippen LogP contribution in [0.3, 0.4) is 0 Å².